The smallest absolute Gasteiger partial charge is 0.258 e. The maximum atomic E-state index is 14.3. The Balaban J connectivity index is 1.75. The predicted octanol–water partition coefficient (Wildman–Crippen LogP) is 1.52. The molecule has 1 N–H and O–H groups in total. The molecule has 0 unspecified atom stereocenters. The number of carbonyl (C=O) groups is 1. The molecule has 1 heterocycles. The van der Waals surface area contributed by atoms with Crippen LogP contribution in [0.25, 0.3) is 0 Å². The number of halogens is 1. The van der Waals surface area contributed by atoms with Gasteiger partial charge in [-0.15, -0.1) is 0 Å². The third kappa shape index (κ3) is 6.25. The van der Waals surface area contributed by atoms with Gasteiger partial charge in [-0.1, -0.05) is 6.07 Å². The molecule has 32 heavy (non-hydrogen) atoms. The van der Waals surface area contributed by atoms with Crippen LogP contribution >= 0.6 is 0 Å². The van der Waals surface area contributed by atoms with Gasteiger partial charge in [0, 0.05) is 31.1 Å². The van der Waals surface area contributed by atoms with Gasteiger partial charge < -0.3 is 14.8 Å². The molecule has 3 rings (SSSR count). The molecule has 2 aromatic carbocycles. The zero-order valence-electron chi connectivity index (χ0n) is 17.3. The highest BCUT2D eigenvalue weighted by atomic mass is 32.2. The summed E-state index contributed by atoms with van der Waals surface area (Å²) in [6.45, 7) is 0.805. The molecule has 0 bridgehead atoms. The van der Waals surface area contributed by atoms with Crippen LogP contribution in [0.2, 0.25) is 0 Å². The number of nitrogens with zero attached hydrogens (tertiary/aromatic N) is 1. The van der Waals surface area contributed by atoms with Crippen molar-refractivity contribution in [2.24, 2.45) is 0 Å². The van der Waals surface area contributed by atoms with Crippen molar-refractivity contribution < 1.29 is 35.5 Å². The highest BCUT2D eigenvalue weighted by Crippen LogP contribution is 2.22. The van der Waals surface area contributed by atoms with E-state index in [1.54, 1.807) is 12.1 Å². The predicted molar refractivity (Wildman–Crippen MR) is 116 cm³/mol. The fourth-order valence-electron chi connectivity index (χ4n) is 2.95. The molecule has 1 fully saturated rings. The Morgan fingerprint density at radius 2 is 1.84 bits per heavy atom. The molecule has 0 atom stereocenters. The van der Waals surface area contributed by atoms with E-state index in [1.807, 2.05) is 0 Å². The molecule has 0 saturated carbocycles. The van der Waals surface area contributed by atoms with E-state index in [4.69, 9.17) is 9.47 Å². The van der Waals surface area contributed by atoms with Crippen molar-refractivity contribution in [3.8, 4) is 5.75 Å². The minimum Gasteiger partial charge on any atom is -0.492 e. The topological polar surface area (TPSA) is 119 Å². The van der Waals surface area contributed by atoms with Crippen LogP contribution in [-0.2, 0) is 24.6 Å². The van der Waals surface area contributed by atoms with Gasteiger partial charge in [0.1, 0.15) is 18.2 Å². The molecule has 0 aromatic heterocycles. The lowest BCUT2D eigenvalue weighted by atomic mass is 10.2. The van der Waals surface area contributed by atoms with Gasteiger partial charge in [-0.3, -0.25) is 4.79 Å². The van der Waals surface area contributed by atoms with Crippen LogP contribution < -0.4 is 10.1 Å². The number of rotatable bonds is 8. The first-order chi connectivity index (χ1) is 15.1. The molecule has 1 aliphatic rings. The summed E-state index contributed by atoms with van der Waals surface area (Å²) < 4.78 is 74.1. The molecule has 174 valence electrons. The molecule has 0 aliphatic carbocycles. The van der Waals surface area contributed by atoms with Gasteiger partial charge >= 0.3 is 0 Å². The summed E-state index contributed by atoms with van der Waals surface area (Å²) in [5.41, 5.74) is -0.157. The average molecular weight is 487 g/mol. The van der Waals surface area contributed by atoms with E-state index in [0.717, 1.165) is 24.5 Å². The lowest BCUT2D eigenvalue weighted by Crippen LogP contribution is -2.40. The Kier molecular flexibility index (Phi) is 7.49. The first kappa shape index (κ1) is 24.1. The zero-order chi connectivity index (χ0) is 23.4. The summed E-state index contributed by atoms with van der Waals surface area (Å²) in [7, 11) is -7.08. The summed E-state index contributed by atoms with van der Waals surface area (Å²) in [6.07, 6.45) is 1.09. The van der Waals surface area contributed by atoms with E-state index in [1.165, 1.54) is 16.4 Å². The standard InChI is InChI=1S/C20H23FN2O7S2/c1-31(25,26)12-11-30-16-4-2-3-15(13-16)22-20(24)18-14-17(5-6-19(18)21)32(27,28)23-7-9-29-10-8-23/h2-6,13-14H,7-12H2,1H3,(H,22,24). The lowest BCUT2D eigenvalue weighted by Gasteiger charge is -2.26. The van der Waals surface area contributed by atoms with Crippen LogP contribution in [0, 0.1) is 5.82 Å². The molecular weight excluding hydrogens is 463 g/mol. The van der Waals surface area contributed by atoms with Gasteiger partial charge in [0.2, 0.25) is 10.0 Å². The maximum absolute atomic E-state index is 14.3. The lowest BCUT2D eigenvalue weighted by molar-refractivity contribution is 0.0730. The van der Waals surface area contributed by atoms with Gasteiger partial charge in [0.05, 0.1) is 29.4 Å². The highest BCUT2D eigenvalue weighted by molar-refractivity contribution is 7.90. The number of morpholine rings is 1. The summed E-state index contributed by atoms with van der Waals surface area (Å²) in [5.74, 6) is -1.56. The molecule has 2 aromatic rings. The van der Waals surface area contributed by atoms with Crippen LogP contribution in [0.4, 0.5) is 10.1 Å². The fourth-order valence-corrected chi connectivity index (χ4v) is 4.77. The summed E-state index contributed by atoms with van der Waals surface area (Å²) in [4.78, 5) is 12.5. The van der Waals surface area contributed by atoms with Crippen molar-refractivity contribution in [2.75, 3.05) is 50.2 Å². The Morgan fingerprint density at radius 1 is 1.12 bits per heavy atom. The first-order valence-electron chi connectivity index (χ1n) is 9.66. The van der Waals surface area contributed by atoms with E-state index in [-0.39, 0.29) is 49.2 Å². The molecule has 0 spiro atoms. The molecule has 1 aliphatic heterocycles. The van der Waals surface area contributed by atoms with Crippen LogP contribution in [0.15, 0.2) is 47.4 Å². The van der Waals surface area contributed by atoms with Gasteiger partial charge in [0.25, 0.3) is 5.91 Å². The second-order valence-electron chi connectivity index (χ2n) is 7.12. The Bertz CT molecular complexity index is 1190. The SMILES string of the molecule is CS(=O)(=O)CCOc1cccc(NC(=O)c2cc(S(=O)(=O)N3CCOCC3)ccc2F)c1. The van der Waals surface area contributed by atoms with E-state index in [9.17, 15) is 26.0 Å². The molecule has 9 nitrogen and oxygen atoms in total. The highest BCUT2D eigenvalue weighted by Gasteiger charge is 2.28. The molecule has 1 saturated heterocycles. The maximum Gasteiger partial charge on any atom is 0.258 e. The molecule has 1 amide bonds. The number of hydrogen-bond acceptors (Lipinski definition) is 7. The number of sulfone groups is 1. The number of ether oxygens (including phenoxy) is 2. The second kappa shape index (κ2) is 9.94. The first-order valence-corrected chi connectivity index (χ1v) is 13.2. The molecular formula is C20H23FN2O7S2. The fraction of sp³-hybridized carbons (Fsp3) is 0.350. The van der Waals surface area contributed by atoms with Crippen molar-refractivity contribution in [1.29, 1.82) is 0 Å². The van der Waals surface area contributed by atoms with Crippen LogP contribution in [0.3, 0.4) is 0 Å². The van der Waals surface area contributed by atoms with Gasteiger partial charge in [-0.25, -0.2) is 21.2 Å². The number of nitrogens with one attached hydrogen (secondary N) is 1. The van der Waals surface area contributed by atoms with Crippen molar-refractivity contribution in [2.45, 2.75) is 4.90 Å². The Morgan fingerprint density at radius 3 is 2.53 bits per heavy atom. The van der Waals surface area contributed by atoms with E-state index >= 15 is 0 Å². The number of hydrogen-bond donors (Lipinski definition) is 1. The largest absolute Gasteiger partial charge is 0.492 e. The van der Waals surface area contributed by atoms with E-state index < -0.39 is 37.1 Å². The van der Waals surface area contributed by atoms with Crippen molar-refractivity contribution in [1.82, 2.24) is 4.31 Å². The van der Waals surface area contributed by atoms with Crippen molar-refractivity contribution >= 4 is 31.5 Å². The van der Waals surface area contributed by atoms with Crippen LogP contribution in [0.5, 0.6) is 5.75 Å². The van der Waals surface area contributed by atoms with Gasteiger partial charge in [-0.2, -0.15) is 4.31 Å². The van der Waals surface area contributed by atoms with Crippen LogP contribution in [0.1, 0.15) is 10.4 Å². The number of sulfonamides is 1. The number of carbonyl (C=O) groups excluding carboxylic acids is 1. The van der Waals surface area contributed by atoms with E-state index in [0.29, 0.717) is 5.75 Å². The summed E-state index contributed by atoms with van der Waals surface area (Å²) in [6, 6.07) is 9.19. The second-order valence-corrected chi connectivity index (χ2v) is 11.3. The number of amides is 1. The molecule has 0 radical (unpaired) electrons. The average Bonchev–Trinajstić information content (AvgIpc) is 2.74. The summed E-state index contributed by atoms with van der Waals surface area (Å²) in [5, 5.41) is 2.50. The Labute approximate surface area is 186 Å². The summed E-state index contributed by atoms with van der Waals surface area (Å²) >= 11 is 0. The zero-order valence-corrected chi connectivity index (χ0v) is 18.9. The minimum atomic E-state index is -3.90. The molecule has 12 heteroatoms. The van der Waals surface area contributed by atoms with Crippen molar-refractivity contribution in [3.63, 3.8) is 0 Å². The van der Waals surface area contributed by atoms with E-state index in [2.05, 4.69) is 5.32 Å². The third-order valence-corrected chi connectivity index (χ3v) is 7.41. The van der Waals surface area contributed by atoms with Gasteiger partial charge in [0.15, 0.2) is 9.84 Å². The third-order valence-electron chi connectivity index (χ3n) is 4.61. The normalized spacial score (nSPS) is 15.3. The van der Waals surface area contributed by atoms with Crippen molar-refractivity contribution in [3.05, 3.63) is 53.8 Å². The number of anilines is 1. The van der Waals surface area contributed by atoms with Crippen LogP contribution in [-0.4, -0.2) is 72.0 Å². The quantitative estimate of drug-likeness (QED) is 0.601. The Hall–Kier alpha value is -2.54. The minimum absolute atomic E-state index is 0.0632. The van der Waals surface area contributed by atoms with Gasteiger partial charge in [-0.05, 0) is 30.3 Å². The monoisotopic (exact) mass is 486 g/mol. The number of benzene rings is 2.